The van der Waals surface area contributed by atoms with Crippen LogP contribution in [0.15, 0.2) is 29.4 Å². The highest BCUT2D eigenvalue weighted by atomic mass is 16.4. The molecule has 1 fully saturated rings. The van der Waals surface area contributed by atoms with Crippen molar-refractivity contribution in [3.8, 4) is 0 Å². The maximum atomic E-state index is 8.63. The summed E-state index contributed by atoms with van der Waals surface area (Å²) < 4.78 is 0. The fraction of sp³-hybridized carbons (Fsp3) is 0.588. The van der Waals surface area contributed by atoms with Crippen LogP contribution in [-0.4, -0.2) is 17.6 Å². The summed E-state index contributed by atoms with van der Waals surface area (Å²) in [5.41, 5.74) is 7.53. The molecular formula is C17H27N3O. The summed E-state index contributed by atoms with van der Waals surface area (Å²) in [5.74, 6) is 1.96. The first kappa shape index (κ1) is 15.8. The number of benzene rings is 1. The summed E-state index contributed by atoms with van der Waals surface area (Å²) in [6.07, 6.45) is 6.88. The van der Waals surface area contributed by atoms with Crippen LogP contribution >= 0.6 is 0 Å². The molecule has 0 unspecified atom stereocenters. The molecule has 0 atom stereocenters. The minimum atomic E-state index is 0.155. The third kappa shape index (κ3) is 4.74. The van der Waals surface area contributed by atoms with E-state index in [-0.39, 0.29) is 5.84 Å². The zero-order valence-corrected chi connectivity index (χ0v) is 12.9. The lowest BCUT2D eigenvalue weighted by Gasteiger charge is -2.27. The van der Waals surface area contributed by atoms with Crippen LogP contribution in [0.3, 0.4) is 0 Å². The second kappa shape index (κ2) is 8.03. The van der Waals surface area contributed by atoms with E-state index in [1.807, 2.05) is 24.3 Å². The zero-order valence-electron chi connectivity index (χ0n) is 12.9. The Morgan fingerprint density at radius 1 is 1.19 bits per heavy atom. The van der Waals surface area contributed by atoms with E-state index in [1.165, 1.54) is 37.7 Å². The summed E-state index contributed by atoms with van der Waals surface area (Å²) >= 11 is 0. The fourth-order valence-electron chi connectivity index (χ4n) is 3.12. The Morgan fingerprint density at radius 2 is 1.81 bits per heavy atom. The Hall–Kier alpha value is -1.55. The summed E-state index contributed by atoms with van der Waals surface area (Å²) in [7, 11) is 0. The molecule has 1 aromatic carbocycles. The molecule has 0 spiro atoms. The number of hydrogen-bond donors (Lipinski definition) is 3. The second-order valence-corrected chi connectivity index (χ2v) is 6.11. The molecule has 4 nitrogen and oxygen atoms in total. The molecule has 1 saturated carbocycles. The van der Waals surface area contributed by atoms with Gasteiger partial charge in [0.05, 0.1) is 0 Å². The van der Waals surface area contributed by atoms with Gasteiger partial charge < -0.3 is 16.3 Å². The van der Waals surface area contributed by atoms with Gasteiger partial charge in [0.15, 0.2) is 5.84 Å². The molecule has 2 rings (SSSR count). The highest BCUT2D eigenvalue weighted by molar-refractivity contribution is 5.96. The number of rotatable bonds is 6. The smallest absolute Gasteiger partial charge is 0.170 e. The molecule has 0 aromatic heterocycles. The van der Waals surface area contributed by atoms with Crippen LogP contribution in [0.1, 0.15) is 50.2 Å². The predicted octanol–water partition coefficient (Wildman–Crippen LogP) is 3.09. The van der Waals surface area contributed by atoms with E-state index in [0.717, 1.165) is 30.5 Å². The maximum Gasteiger partial charge on any atom is 0.170 e. The monoisotopic (exact) mass is 289 g/mol. The molecule has 4 heteroatoms. The van der Waals surface area contributed by atoms with Gasteiger partial charge in [0.1, 0.15) is 0 Å². The van der Waals surface area contributed by atoms with Crippen molar-refractivity contribution in [3.63, 3.8) is 0 Å². The van der Waals surface area contributed by atoms with Crippen molar-refractivity contribution in [2.24, 2.45) is 22.7 Å². The molecule has 0 aliphatic heterocycles. The molecule has 4 N–H and O–H groups in total. The molecule has 0 heterocycles. The minimum Gasteiger partial charge on any atom is -0.409 e. The van der Waals surface area contributed by atoms with Crippen LogP contribution in [-0.2, 0) is 6.54 Å². The van der Waals surface area contributed by atoms with Crippen molar-refractivity contribution in [3.05, 3.63) is 35.4 Å². The van der Waals surface area contributed by atoms with Crippen LogP contribution in [0.4, 0.5) is 0 Å². The van der Waals surface area contributed by atoms with Gasteiger partial charge >= 0.3 is 0 Å². The average Bonchev–Trinajstić information content (AvgIpc) is 2.55. The van der Waals surface area contributed by atoms with Crippen LogP contribution in [0.5, 0.6) is 0 Å². The number of nitrogens with one attached hydrogen (secondary N) is 1. The van der Waals surface area contributed by atoms with Crippen LogP contribution < -0.4 is 11.1 Å². The number of oxime groups is 1. The third-order valence-corrected chi connectivity index (χ3v) is 4.66. The normalized spacial score (nSPS) is 23.2. The highest BCUT2D eigenvalue weighted by Gasteiger charge is 2.19. The zero-order chi connectivity index (χ0) is 15.1. The van der Waals surface area contributed by atoms with E-state index in [2.05, 4.69) is 17.4 Å². The summed E-state index contributed by atoms with van der Waals surface area (Å²) in [4.78, 5) is 0. The molecular weight excluding hydrogens is 262 g/mol. The van der Waals surface area contributed by atoms with Gasteiger partial charge in [0, 0.05) is 12.1 Å². The quantitative estimate of drug-likeness (QED) is 0.326. The van der Waals surface area contributed by atoms with E-state index < -0.39 is 0 Å². The van der Waals surface area contributed by atoms with Crippen molar-refractivity contribution >= 4 is 5.84 Å². The van der Waals surface area contributed by atoms with E-state index in [9.17, 15) is 0 Å². The van der Waals surface area contributed by atoms with Gasteiger partial charge in [-0.25, -0.2) is 0 Å². The molecule has 0 saturated heterocycles. The SMILES string of the molecule is CCC1CCC(CNCc2ccc(C(N)=NO)cc2)CC1. The molecule has 0 bridgehead atoms. The van der Waals surface area contributed by atoms with Crippen LogP contribution in [0.2, 0.25) is 0 Å². The lowest BCUT2D eigenvalue weighted by Crippen LogP contribution is -2.26. The number of nitrogens with two attached hydrogens (primary N) is 1. The topological polar surface area (TPSA) is 70.6 Å². The molecule has 21 heavy (non-hydrogen) atoms. The van der Waals surface area contributed by atoms with Gasteiger partial charge in [-0.1, -0.05) is 55.6 Å². The summed E-state index contributed by atoms with van der Waals surface area (Å²) in [5, 5.41) is 15.2. The Kier molecular flexibility index (Phi) is 6.05. The van der Waals surface area contributed by atoms with E-state index in [1.54, 1.807) is 0 Å². The predicted molar refractivity (Wildman–Crippen MR) is 86.4 cm³/mol. The first-order valence-electron chi connectivity index (χ1n) is 8.00. The fourth-order valence-corrected chi connectivity index (χ4v) is 3.12. The second-order valence-electron chi connectivity index (χ2n) is 6.11. The van der Waals surface area contributed by atoms with Gasteiger partial charge in [0.25, 0.3) is 0 Å². The van der Waals surface area contributed by atoms with Gasteiger partial charge in [-0.15, -0.1) is 0 Å². The Balaban J connectivity index is 1.71. The van der Waals surface area contributed by atoms with Gasteiger partial charge in [-0.05, 0) is 36.8 Å². The summed E-state index contributed by atoms with van der Waals surface area (Å²) in [6.45, 7) is 4.30. The molecule has 1 aliphatic carbocycles. The van der Waals surface area contributed by atoms with Crippen molar-refractivity contribution in [1.29, 1.82) is 0 Å². The molecule has 0 amide bonds. The summed E-state index contributed by atoms with van der Waals surface area (Å²) in [6, 6.07) is 7.82. The lowest BCUT2D eigenvalue weighted by molar-refractivity contribution is 0.262. The van der Waals surface area contributed by atoms with E-state index in [4.69, 9.17) is 10.9 Å². The van der Waals surface area contributed by atoms with Gasteiger partial charge in [0.2, 0.25) is 0 Å². The molecule has 1 aromatic rings. The first-order valence-corrected chi connectivity index (χ1v) is 8.00. The van der Waals surface area contributed by atoms with Crippen LogP contribution in [0, 0.1) is 11.8 Å². The Labute approximate surface area is 127 Å². The van der Waals surface area contributed by atoms with Gasteiger partial charge in [-0.3, -0.25) is 0 Å². The van der Waals surface area contributed by atoms with Crippen LogP contribution in [0.25, 0.3) is 0 Å². The minimum absolute atomic E-state index is 0.155. The number of nitrogens with zero attached hydrogens (tertiary/aromatic N) is 1. The molecule has 1 aliphatic rings. The van der Waals surface area contributed by atoms with Crippen molar-refractivity contribution in [2.45, 2.75) is 45.6 Å². The van der Waals surface area contributed by atoms with Crippen molar-refractivity contribution in [1.82, 2.24) is 5.32 Å². The average molecular weight is 289 g/mol. The molecule has 116 valence electrons. The Morgan fingerprint density at radius 3 is 2.38 bits per heavy atom. The maximum absolute atomic E-state index is 8.63. The van der Waals surface area contributed by atoms with Crippen molar-refractivity contribution in [2.75, 3.05) is 6.54 Å². The first-order chi connectivity index (χ1) is 10.2. The highest BCUT2D eigenvalue weighted by Crippen LogP contribution is 2.30. The number of hydrogen-bond acceptors (Lipinski definition) is 3. The lowest BCUT2D eigenvalue weighted by atomic mass is 9.81. The van der Waals surface area contributed by atoms with E-state index in [0.29, 0.717) is 0 Å². The largest absolute Gasteiger partial charge is 0.409 e. The van der Waals surface area contributed by atoms with Crippen molar-refractivity contribution < 1.29 is 5.21 Å². The van der Waals surface area contributed by atoms with Gasteiger partial charge in [-0.2, -0.15) is 0 Å². The Bertz CT molecular complexity index is 448. The standard InChI is InChI=1S/C17H27N3O/c1-2-13-3-5-14(6-4-13)11-19-12-15-7-9-16(10-8-15)17(18)20-21/h7-10,13-14,19,21H,2-6,11-12H2,1H3,(H2,18,20). The van der Waals surface area contributed by atoms with E-state index >= 15 is 0 Å². The molecule has 0 radical (unpaired) electrons. The third-order valence-electron chi connectivity index (χ3n) is 4.66. The number of amidine groups is 1.